The smallest absolute Gasteiger partial charge is 0.316 e. The number of para-hydroxylation sites is 2. The number of hydrogen-bond acceptors (Lipinski definition) is 8. The molecule has 3 heterocycles. The molecule has 1 aliphatic rings. The van der Waals surface area contributed by atoms with E-state index in [4.69, 9.17) is 19.2 Å². The predicted octanol–water partition coefficient (Wildman–Crippen LogP) is 3.96. The van der Waals surface area contributed by atoms with Crippen LogP contribution >= 0.6 is 23.1 Å². The van der Waals surface area contributed by atoms with Crippen LogP contribution < -0.4 is 10.3 Å². The molecule has 164 valence electrons. The molecule has 0 unspecified atom stereocenters. The first-order valence-corrected chi connectivity index (χ1v) is 11.8. The lowest BCUT2D eigenvalue weighted by molar-refractivity contribution is -0.139. The second kappa shape index (κ2) is 8.64. The van der Waals surface area contributed by atoms with Crippen LogP contribution in [0.2, 0.25) is 0 Å². The number of nitrogens with zero attached hydrogens (tertiary/aromatic N) is 2. The molecule has 0 aliphatic carbocycles. The topological polar surface area (TPSA) is 79.7 Å². The number of hydrogen-bond donors (Lipinski definition) is 0. The fourth-order valence-electron chi connectivity index (χ4n) is 3.62. The molecule has 0 atom stereocenters. The van der Waals surface area contributed by atoms with Crippen molar-refractivity contribution >= 4 is 39.3 Å². The first-order chi connectivity index (χ1) is 14.8. The van der Waals surface area contributed by atoms with Crippen molar-refractivity contribution < 1.29 is 19.0 Å². The lowest BCUT2D eigenvalue weighted by Crippen LogP contribution is -2.32. The number of thiophene rings is 1. The maximum absolute atomic E-state index is 13.8. The Morgan fingerprint density at radius 2 is 2.13 bits per heavy atom. The summed E-state index contributed by atoms with van der Waals surface area (Å²) in [6.45, 7) is 6.57. The van der Waals surface area contributed by atoms with Gasteiger partial charge in [0.15, 0.2) is 5.16 Å². The van der Waals surface area contributed by atoms with Crippen LogP contribution in [-0.4, -0.2) is 40.6 Å². The van der Waals surface area contributed by atoms with E-state index >= 15 is 0 Å². The van der Waals surface area contributed by atoms with Crippen LogP contribution in [0.4, 0.5) is 0 Å². The molecule has 9 heteroatoms. The first-order valence-electron chi connectivity index (χ1n) is 9.97. The molecular formula is C22H24N2O5S2. The van der Waals surface area contributed by atoms with Gasteiger partial charge in [0, 0.05) is 11.3 Å². The van der Waals surface area contributed by atoms with Crippen molar-refractivity contribution in [3.8, 4) is 11.4 Å². The molecule has 3 aromatic rings. The standard InChI is InChI=1S/C22H24N2O5S2/c1-5-28-17(25)12-30-21-23-19-18(13-10-22(2,3)29-11-16(13)31-19)20(26)24(21)14-8-6-7-9-15(14)27-4/h6-9H,5,10-12H2,1-4H3. The van der Waals surface area contributed by atoms with Crippen molar-refractivity contribution in [3.63, 3.8) is 0 Å². The van der Waals surface area contributed by atoms with Gasteiger partial charge in [-0.15, -0.1) is 11.3 Å². The van der Waals surface area contributed by atoms with E-state index in [1.54, 1.807) is 24.7 Å². The number of ether oxygens (including phenoxy) is 3. The fraction of sp³-hybridized carbons (Fsp3) is 0.409. The number of carbonyl (C=O) groups is 1. The van der Waals surface area contributed by atoms with Gasteiger partial charge >= 0.3 is 5.97 Å². The molecule has 4 rings (SSSR count). The summed E-state index contributed by atoms with van der Waals surface area (Å²) in [4.78, 5) is 32.3. The number of rotatable bonds is 6. The zero-order chi connectivity index (χ0) is 22.2. The van der Waals surface area contributed by atoms with Crippen molar-refractivity contribution in [1.29, 1.82) is 0 Å². The molecule has 31 heavy (non-hydrogen) atoms. The second-order valence-electron chi connectivity index (χ2n) is 7.71. The molecule has 1 aromatic carbocycles. The van der Waals surface area contributed by atoms with Gasteiger partial charge in [-0.3, -0.25) is 14.2 Å². The van der Waals surface area contributed by atoms with E-state index in [2.05, 4.69) is 0 Å². The average molecular weight is 461 g/mol. The third kappa shape index (κ3) is 4.22. The van der Waals surface area contributed by atoms with E-state index < -0.39 is 0 Å². The Bertz CT molecular complexity index is 1200. The van der Waals surface area contributed by atoms with Crippen LogP contribution in [0.15, 0.2) is 34.2 Å². The second-order valence-corrected chi connectivity index (χ2v) is 9.74. The molecule has 0 fully saturated rings. The highest BCUT2D eigenvalue weighted by molar-refractivity contribution is 7.99. The summed E-state index contributed by atoms with van der Waals surface area (Å²) in [5.74, 6) is 0.257. The monoisotopic (exact) mass is 460 g/mol. The maximum Gasteiger partial charge on any atom is 0.316 e. The Balaban J connectivity index is 1.93. The third-order valence-electron chi connectivity index (χ3n) is 5.02. The maximum atomic E-state index is 13.8. The van der Waals surface area contributed by atoms with Crippen LogP contribution in [0.25, 0.3) is 15.9 Å². The van der Waals surface area contributed by atoms with Crippen molar-refractivity contribution in [1.82, 2.24) is 9.55 Å². The van der Waals surface area contributed by atoms with Gasteiger partial charge in [0.05, 0.1) is 42.8 Å². The number of carbonyl (C=O) groups excluding carboxylic acids is 1. The van der Waals surface area contributed by atoms with Crippen molar-refractivity contribution in [2.45, 2.75) is 44.6 Å². The van der Waals surface area contributed by atoms with Gasteiger partial charge in [-0.25, -0.2) is 4.98 Å². The van der Waals surface area contributed by atoms with Gasteiger partial charge in [0.1, 0.15) is 10.6 Å². The molecule has 0 saturated carbocycles. The van der Waals surface area contributed by atoms with Gasteiger partial charge in [-0.1, -0.05) is 23.9 Å². The van der Waals surface area contributed by atoms with Crippen molar-refractivity contribution in [3.05, 3.63) is 45.1 Å². The van der Waals surface area contributed by atoms with E-state index in [1.165, 1.54) is 23.1 Å². The lowest BCUT2D eigenvalue weighted by atomic mass is 9.94. The normalized spacial score (nSPS) is 15.0. The number of fused-ring (bicyclic) bond motifs is 3. The van der Waals surface area contributed by atoms with E-state index in [-0.39, 0.29) is 22.9 Å². The van der Waals surface area contributed by atoms with E-state index in [9.17, 15) is 9.59 Å². The molecule has 2 aromatic heterocycles. The minimum absolute atomic E-state index is 0.0577. The van der Waals surface area contributed by atoms with E-state index in [0.717, 1.165) is 10.4 Å². The number of benzene rings is 1. The van der Waals surface area contributed by atoms with Gasteiger partial charge in [0.25, 0.3) is 5.56 Å². The van der Waals surface area contributed by atoms with Crippen LogP contribution in [-0.2, 0) is 27.3 Å². The summed E-state index contributed by atoms with van der Waals surface area (Å²) in [6, 6.07) is 7.30. The summed E-state index contributed by atoms with van der Waals surface area (Å²) in [6.07, 6.45) is 0.639. The third-order valence-corrected chi connectivity index (χ3v) is 7.04. The van der Waals surface area contributed by atoms with E-state index in [1.807, 2.05) is 32.0 Å². The lowest BCUT2D eigenvalue weighted by Gasteiger charge is -2.30. The molecule has 0 N–H and O–H groups in total. The van der Waals surface area contributed by atoms with Gasteiger partial charge in [0.2, 0.25) is 0 Å². The molecule has 0 saturated heterocycles. The SMILES string of the molecule is CCOC(=O)CSc1nc2sc3c(c2c(=O)n1-c1ccccc1OC)CC(C)(C)OC3. The Morgan fingerprint density at radius 1 is 1.35 bits per heavy atom. The highest BCUT2D eigenvalue weighted by atomic mass is 32.2. The van der Waals surface area contributed by atoms with Crippen LogP contribution in [0, 0.1) is 0 Å². The molecule has 0 radical (unpaired) electrons. The summed E-state index contributed by atoms with van der Waals surface area (Å²) in [7, 11) is 1.56. The molecule has 0 amide bonds. The van der Waals surface area contributed by atoms with Gasteiger partial charge in [-0.05, 0) is 38.5 Å². The summed E-state index contributed by atoms with van der Waals surface area (Å²) < 4.78 is 18.0. The average Bonchev–Trinajstić information content (AvgIpc) is 3.09. The first kappa shape index (κ1) is 21.9. The number of thioether (sulfide) groups is 1. The van der Waals surface area contributed by atoms with Crippen molar-refractivity contribution in [2.24, 2.45) is 0 Å². The van der Waals surface area contributed by atoms with Crippen LogP contribution in [0.3, 0.4) is 0 Å². The predicted molar refractivity (Wildman–Crippen MR) is 122 cm³/mol. The minimum atomic E-state index is -0.353. The van der Waals surface area contributed by atoms with E-state index in [0.29, 0.717) is 46.4 Å². The molecule has 7 nitrogen and oxygen atoms in total. The zero-order valence-electron chi connectivity index (χ0n) is 17.9. The quantitative estimate of drug-likeness (QED) is 0.313. The zero-order valence-corrected chi connectivity index (χ0v) is 19.5. The minimum Gasteiger partial charge on any atom is -0.495 e. The fourth-order valence-corrected chi connectivity index (χ4v) is 5.57. The highest BCUT2D eigenvalue weighted by Gasteiger charge is 2.32. The number of aromatic nitrogens is 2. The van der Waals surface area contributed by atoms with Crippen molar-refractivity contribution in [2.75, 3.05) is 19.5 Å². The van der Waals surface area contributed by atoms with Crippen LogP contribution in [0.1, 0.15) is 31.2 Å². The highest BCUT2D eigenvalue weighted by Crippen LogP contribution is 2.38. The van der Waals surface area contributed by atoms with Crippen LogP contribution in [0.5, 0.6) is 5.75 Å². The molecule has 0 bridgehead atoms. The Kier molecular flexibility index (Phi) is 6.09. The Hall–Kier alpha value is -2.36. The Labute approximate surface area is 188 Å². The summed E-state index contributed by atoms with van der Waals surface area (Å²) >= 11 is 2.66. The summed E-state index contributed by atoms with van der Waals surface area (Å²) in [5.41, 5.74) is 1.07. The Morgan fingerprint density at radius 3 is 2.87 bits per heavy atom. The largest absolute Gasteiger partial charge is 0.495 e. The van der Waals surface area contributed by atoms with Gasteiger partial charge in [-0.2, -0.15) is 0 Å². The van der Waals surface area contributed by atoms with Gasteiger partial charge < -0.3 is 14.2 Å². The molecule has 0 spiro atoms. The summed E-state index contributed by atoms with van der Waals surface area (Å²) in [5, 5.41) is 1.04. The molecule has 1 aliphatic heterocycles. The number of esters is 1. The number of methoxy groups -OCH3 is 1. The molecular weight excluding hydrogens is 436 g/mol.